The second kappa shape index (κ2) is 8.50. The van der Waals surface area contributed by atoms with Gasteiger partial charge in [-0.05, 0) is 18.2 Å². The lowest BCUT2D eigenvalue weighted by Crippen LogP contribution is -2.34. The number of anilines is 1. The van der Waals surface area contributed by atoms with E-state index in [0.29, 0.717) is 5.02 Å². The molecule has 0 fully saturated rings. The van der Waals surface area contributed by atoms with Gasteiger partial charge in [0.25, 0.3) is 5.91 Å². The van der Waals surface area contributed by atoms with Crippen LogP contribution in [-0.2, 0) is 4.79 Å². The second-order valence-corrected chi connectivity index (χ2v) is 6.00. The Morgan fingerprint density at radius 3 is 2.82 bits per heavy atom. The summed E-state index contributed by atoms with van der Waals surface area (Å²) in [5.74, 6) is -0.584. The van der Waals surface area contributed by atoms with E-state index in [9.17, 15) is 14.9 Å². The van der Waals surface area contributed by atoms with Crippen molar-refractivity contribution in [3.63, 3.8) is 0 Å². The highest BCUT2D eigenvalue weighted by molar-refractivity contribution is 6.35. The van der Waals surface area contributed by atoms with E-state index >= 15 is 0 Å². The molecule has 3 rings (SSSR count). The molecule has 1 aromatic carbocycles. The fourth-order valence-corrected chi connectivity index (χ4v) is 2.57. The Morgan fingerprint density at radius 1 is 1.32 bits per heavy atom. The number of hydrazine groups is 1. The Morgan fingerprint density at radius 2 is 2.14 bits per heavy atom. The summed E-state index contributed by atoms with van der Waals surface area (Å²) in [5, 5.41) is 12.1. The molecular weight excluding hydrogens is 413 g/mol. The molecule has 0 aliphatic heterocycles. The highest BCUT2D eigenvalue weighted by Gasteiger charge is 2.24. The molecule has 0 bridgehead atoms. The number of amides is 1. The van der Waals surface area contributed by atoms with Crippen molar-refractivity contribution in [3.05, 3.63) is 63.4 Å². The summed E-state index contributed by atoms with van der Waals surface area (Å²) >= 11 is 11.7. The van der Waals surface area contributed by atoms with E-state index in [2.05, 4.69) is 25.8 Å². The molecule has 0 spiro atoms. The first-order chi connectivity index (χ1) is 13.5. The van der Waals surface area contributed by atoms with Crippen LogP contribution in [0, 0.1) is 10.1 Å². The van der Waals surface area contributed by atoms with Crippen LogP contribution in [-0.4, -0.2) is 37.0 Å². The quantitative estimate of drug-likeness (QED) is 0.436. The van der Waals surface area contributed by atoms with Gasteiger partial charge in [0.15, 0.2) is 6.61 Å². The van der Waals surface area contributed by atoms with Crippen LogP contribution in [0.2, 0.25) is 10.0 Å². The van der Waals surface area contributed by atoms with E-state index in [-0.39, 0.29) is 22.4 Å². The number of carbonyl (C=O) groups is 1. The zero-order chi connectivity index (χ0) is 20.1. The Labute approximate surface area is 167 Å². The Hall–Kier alpha value is -3.44. The minimum Gasteiger partial charge on any atom is -0.482 e. The van der Waals surface area contributed by atoms with E-state index in [0.717, 1.165) is 6.33 Å². The molecule has 0 atom stereocenters. The van der Waals surface area contributed by atoms with E-state index in [1.54, 1.807) is 6.07 Å². The second-order valence-electron chi connectivity index (χ2n) is 5.16. The number of imidazole rings is 1. The maximum atomic E-state index is 12.0. The molecule has 2 N–H and O–H groups in total. The summed E-state index contributed by atoms with van der Waals surface area (Å²) in [6.45, 7) is -0.401. The van der Waals surface area contributed by atoms with Crippen LogP contribution in [0.3, 0.4) is 0 Å². The van der Waals surface area contributed by atoms with Crippen molar-refractivity contribution < 1.29 is 14.5 Å². The van der Waals surface area contributed by atoms with Gasteiger partial charge >= 0.3 is 5.69 Å². The molecule has 0 aliphatic carbocycles. The maximum Gasteiger partial charge on any atom is 0.355 e. The molecule has 2 heterocycles. The first-order valence-corrected chi connectivity index (χ1v) is 8.31. The van der Waals surface area contributed by atoms with Crippen molar-refractivity contribution in [2.45, 2.75) is 0 Å². The van der Waals surface area contributed by atoms with Crippen molar-refractivity contribution in [2.75, 3.05) is 12.0 Å². The lowest BCUT2D eigenvalue weighted by Gasteiger charge is -2.11. The van der Waals surface area contributed by atoms with E-state index in [4.69, 9.17) is 27.9 Å². The fraction of sp³-hybridized carbons (Fsp3) is 0.0667. The Bertz CT molecular complexity index is 1010. The van der Waals surface area contributed by atoms with Gasteiger partial charge < -0.3 is 4.74 Å². The first kappa shape index (κ1) is 19.3. The van der Waals surface area contributed by atoms with E-state index in [1.807, 2.05) is 0 Å². The van der Waals surface area contributed by atoms with Gasteiger partial charge in [-0.15, -0.1) is 0 Å². The van der Waals surface area contributed by atoms with E-state index in [1.165, 1.54) is 35.4 Å². The Balaban J connectivity index is 1.68. The third-order valence-electron chi connectivity index (χ3n) is 3.31. The molecule has 11 nitrogen and oxygen atoms in total. The fourth-order valence-electron chi connectivity index (χ4n) is 2.10. The molecule has 2 aromatic heterocycles. The molecule has 0 radical (unpaired) electrons. The summed E-state index contributed by atoms with van der Waals surface area (Å²) in [6.07, 6.45) is 5.39. The third kappa shape index (κ3) is 4.45. The Kier molecular flexibility index (Phi) is 5.87. The first-order valence-electron chi connectivity index (χ1n) is 7.56. The van der Waals surface area contributed by atoms with Crippen molar-refractivity contribution >= 4 is 40.6 Å². The normalized spacial score (nSPS) is 10.4. The predicted molar refractivity (Wildman–Crippen MR) is 99.5 cm³/mol. The molecule has 0 saturated carbocycles. The molecule has 0 aliphatic rings. The summed E-state index contributed by atoms with van der Waals surface area (Å²) < 4.78 is 6.63. The number of aromatic nitrogens is 4. The smallest absolute Gasteiger partial charge is 0.355 e. The van der Waals surface area contributed by atoms with Gasteiger partial charge in [0, 0.05) is 17.4 Å². The van der Waals surface area contributed by atoms with E-state index < -0.39 is 23.1 Å². The van der Waals surface area contributed by atoms with Gasteiger partial charge in [0.1, 0.15) is 18.4 Å². The molecule has 0 saturated heterocycles. The highest BCUT2D eigenvalue weighted by atomic mass is 35.5. The summed E-state index contributed by atoms with van der Waals surface area (Å²) in [5.41, 5.74) is 4.22. The van der Waals surface area contributed by atoms with Crippen LogP contribution >= 0.6 is 23.2 Å². The van der Waals surface area contributed by atoms with Crippen molar-refractivity contribution in [1.29, 1.82) is 0 Å². The monoisotopic (exact) mass is 423 g/mol. The molecule has 1 amide bonds. The van der Waals surface area contributed by atoms with Crippen molar-refractivity contribution in [2.24, 2.45) is 0 Å². The standard InChI is InChI=1S/C15H11Cl2N7O4/c16-9-1-2-11(10(17)5-9)28-6-12(25)21-22-14-13(24(26)27)15(20-7-19-14)23-4-3-18-8-23/h1-5,7-8H,6H2,(H,21,25)(H,19,20,22). The van der Waals surface area contributed by atoms with Gasteiger partial charge in [-0.3, -0.25) is 30.3 Å². The maximum absolute atomic E-state index is 12.0. The van der Waals surface area contributed by atoms with Crippen LogP contribution in [0.4, 0.5) is 11.5 Å². The lowest BCUT2D eigenvalue weighted by atomic mass is 10.3. The minimum absolute atomic E-state index is 0.0153. The lowest BCUT2D eigenvalue weighted by molar-refractivity contribution is -0.384. The number of ether oxygens (including phenoxy) is 1. The number of nitrogens with zero attached hydrogens (tertiary/aromatic N) is 5. The minimum atomic E-state index is -0.673. The zero-order valence-electron chi connectivity index (χ0n) is 13.9. The number of halogens is 2. The highest BCUT2D eigenvalue weighted by Crippen LogP contribution is 2.28. The molecule has 28 heavy (non-hydrogen) atoms. The number of rotatable bonds is 7. The van der Waals surface area contributed by atoms with Crippen LogP contribution in [0.5, 0.6) is 5.75 Å². The van der Waals surface area contributed by atoms with Crippen molar-refractivity contribution in [3.8, 4) is 11.6 Å². The number of carbonyl (C=O) groups excluding carboxylic acids is 1. The summed E-state index contributed by atoms with van der Waals surface area (Å²) in [6, 6.07) is 4.54. The van der Waals surface area contributed by atoms with Crippen LogP contribution in [0.15, 0.2) is 43.2 Å². The van der Waals surface area contributed by atoms with Crippen molar-refractivity contribution in [1.82, 2.24) is 24.9 Å². The number of nitrogens with one attached hydrogen (secondary N) is 2. The van der Waals surface area contributed by atoms with Gasteiger partial charge in [0.2, 0.25) is 11.6 Å². The zero-order valence-corrected chi connectivity index (χ0v) is 15.4. The molecule has 3 aromatic rings. The summed E-state index contributed by atoms with van der Waals surface area (Å²) in [7, 11) is 0. The van der Waals surface area contributed by atoms with Crippen LogP contribution in [0.1, 0.15) is 0 Å². The summed E-state index contributed by atoms with van der Waals surface area (Å²) in [4.78, 5) is 34.2. The molecule has 0 unspecified atom stereocenters. The van der Waals surface area contributed by atoms with Crippen LogP contribution in [0.25, 0.3) is 5.82 Å². The largest absolute Gasteiger partial charge is 0.482 e. The molecule has 13 heteroatoms. The molecule has 144 valence electrons. The van der Waals surface area contributed by atoms with Gasteiger partial charge in [0.05, 0.1) is 9.95 Å². The van der Waals surface area contributed by atoms with Gasteiger partial charge in [-0.25, -0.2) is 15.0 Å². The van der Waals surface area contributed by atoms with Gasteiger partial charge in [-0.1, -0.05) is 23.2 Å². The number of benzene rings is 1. The number of hydrogen-bond acceptors (Lipinski definition) is 8. The van der Waals surface area contributed by atoms with Gasteiger partial charge in [-0.2, -0.15) is 0 Å². The number of nitro groups is 1. The SMILES string of the molecule is O=C(COc1ccc(Cl)cc1Cl)NNc1ncnc(-n2ccnc2)c1[N+](=O)[O-]. The predicted octanol–water partition coefficient (Wildman–Crippen LogP) is 2.40. The topological polar surface area (TPSA) is 137 Å². The third-order valence-corrected chi connectivity index (χ3v) is 3.84. The average molecular weight is 424 g/mol. The average Bonchev–Trinajstić information content (AvgIpc) is 3.19. The number of hydrogen-bond donors (Lipinski definition) is 2. The molecular formula is C15H11Cl2N7O4. The van der Waals surface area contributed by atoms with Crippen LogP contribution < -0.4 is 15.6 Å².